The van der Waals surface area contributed by atoms with Crippen molar-refractivity contribution in [1.29, 1.82) is 0 Å². The predicted octanol–water partition coefficient (Wildman–Crippen LogP) is 3.76. The monoisotopic (exact) mass is 274 g/mol. The Balaban J connectivity index is 1.93. The second kappa shape index (κ2) is 7.24. The van der Waals surface area contributed by atoms with Gasteiger partial charge < -0.3 is 5.73 Å². The molecule has 20 heavy (non-hydrogen) atoms. The van der Waals surface area contributed by atoms with Gasteiger partial charge in [0.1, 0.15) is 0 Å². The molecule has 1 fully saturated rings. The zero-order valence-corrected chi connectivity index (χ0v) is 13.3. The Morgan fingerprint density at radius 2 is 1.80 bits per heavy atom. The molecule has 0 amide bonds. The van der Waals surface area contributed by atoms with Gasteiger partial charge >= 0.3 is 0 Å². The highest BCUT2D eigenvalue weighted by molar-refractivity contribution is 5.25. The van der Waals surface area contributed by atoms with Gasteiger partial charge in [0.2, 0.25) is 0 Å². The van der Waals surface area contributed by atoms with Gasteiger partial charge in [-0.15, -0.1) is 0 Å². The highest BCUT2D eigenvalue weighted by Gasteiger charge is 2.30. The molecule has 2 rings (SSSR count). The molecular weight excluding hydrogens is 244 g/mol. The molecule has 0 radical (unpaired) electrons. The van der Waals surface area contributed by atoms with Crippen LogP contribution in [0.4, 0.5) is 0 Å². The van der Waals surface area contributed by atoms with E-state index < -0.39 is 0 Å². The quantitative estimate of drug-likeness (QED) is 0.782. The van der Waals surface area contributed by atoms with Crippen molar-refractivity contribution in [3.05, 3.63) is 35.4 Å². The van der Waals surface area contributed by atoms with Crippen molar-refractivity contribution in [3.63, 3.8) is 0 Å². The number of rotatable bonds is 8. The number of hydrogen-bond donors (Lipinski definition) is 1. The van der Waals surface area contributed by atoms with Crippen LogP contribution in [0.25, 0.3) is 0 Å². The molecule has 0 aromatic heterocycles. The van der Waals surface area contributed by atoms with Crippen molar-refractivity contribution in [3.8, 4) is 0 Å². The van der Waals surface area contributed by atoms with Crippen LogP contribution in [-0.2, 0) is 6.42 Å². The molecule has 1 atom stereocenters. The summed E-state index contributed by atoms with van der Waals surface area (Å²) < 4.78 is 0. The maximum Gasteiger partial charge on any atom is 0.0424 e. The fourth-order valence-corrected chi connectivity index (χ4v) is 2.86. The highest BCUT2D eigenvalue weighted by Crippen LogP contribution is 2.29. The zero-order chi connectivity index (χ0) is 14.5. The van der Waals surface area contributed by atoms with E-state index in [0.29, 0.717) is 0 Å². The zero-order valence-electron chi connectivity index (χ0n) is 13.3. The fourth-order valence-electron chi connectivity index (χ4n) is 2.86. The Hall–Kier alpha value is -0.860. The van der Waals surface area contributed by atoms with Gasteiger partial charge in [0.15, 0.2) is 0 Å². The van der Waals surface area contributed by atoms with Gasteiger partial charge in [-0.25, -0.2) is 0 Å². The molecule has 2 N–H and O–H groups in total. The van der Waals surface area contributed by atoms with Gasteiger partial charge in [-0.05, 0) is 36.3 Å². The van der Waals surface area contributed by atoms with Gasteiger partial charge in [0.25, 0.3) is 0 Å². The molecule has 0 saturated heterocycles. The smallest absolute Gasteiger partial charge is 0.0424 e. The maximum atomic E-state index is 6.42. The third-order valence-corrected chi connectivity index (χ3v) is 4.04. The SMILES string of the molecule is CCCc1ccc(C(N)CN(CC(C)C)C2CC2)cc1. The molecule has 1 aliphatic rings. The van der Waals surface area contributed by atoms with Crippen LogP contribution in [0.2, 0.25) is 0 Å². The van der Waals surface area contributed by atoms with Gasteiger partial charge in [0, 0.05) is 25.2 Å². The summed E-state index contributed by atoms with van der Waals surface area (Å²) >= 11 is 0. The Kier molecular flexibility index (Phi) is 5.62. The molecule has 1 saturated carbocycles. The number of hydrogen-bond acceptors (Lipinski definition) is 2. The van der Waals surface area contributed by atoms with E-state index >= 15 is 0 Å². The molecule has 1 aliphatic carbocycles. The van der Waals surface area contributed by atoms with Crippen LogP contribution < -0.4 is 5.73 Å². The molecule has 1 unspecified atom stereocenters. The number of nitrogens with two attached hydrogens (primary N) is 1. The molecule has 2 heteroatoms. The minimum Gasteiger partial charge on any atom is -0.323 e. The lowest BCUT2D eigenvalue weighted by molar-refractivity contribution is 0.221. The lowest BCUT2D eigenvalue weighted by Gasteiger charge is -2.27. The van der Waals surface area contributed by atoms with Crippen molar-refractivity contribution < 1.29 is 0 Å². The van der Waals surface area contributed by atoms with Crippen molar-refractivity contribution in [2.24, 2.45) is 11.7 Å². The molecule has 112 valence electrons. The number of nitrogens with zero attached hydrogens (tertiary/aromatic N) is 1. The van der Waals surface area contributed by atoms with Crippen molar-refractivity contribution in [2.75, 3.05) is 13.1 Å². The Morgan fingerprint density at radius 1 is 1.15 bits per heavy atom. The first-order chi connectivity index (χ1) is 9.60. The molecule has 1 aromatic carbocycles. The Labute approximate surface area is 124 Å². The molecule has 0 bridgehead atoms. The van der Waals surface area contributed by atoms with Gasteiger partial charge in [-0.3, -0.25) is 4.90 Å². The van der Waals surface area contributed by atoms with E-state index in [4.69, 9.17) is 5.73 Å². The fraction of sp³-hybridized carbons (Fsp3) is 0.667. The highest BCUT2D eigenvalue weighted by atomic mass is 15.2. The lowest BCUT2D eigenvalue weighted by atomic mass is 10.0. The van der Waals surface area contributed by atoms with Crippen LogP contribution in [0.3, 0.4) is 0 Å². The van der Waals surface area contributed by atoms with E-state index in [-0.39, 0.29) is 6.04 Å². The van der Waals surface area contributed by atoms with Crippen LogP contribution in [-0.4, -0.2) is 24.0 Å². The molecule has 0 aliphatic heterocycles. The summed E-state index contributed by atoms with van der Waals surface area (Å²) in [6.07, 6.45) is 5.08. The van der Waals surface area contributed by atoms with E-state index in [1.54, 1.807) is 0 Å². The van der Waals surface area contributed by atoms with E-state index in [2.05, 4.69) is 49.9 Å². The van der Waals surface area contributed by atoms with Gasteiger partial charge in [0.05, 0.1) is 0 Å². The topological polar surface area (TPSA) is 29.3 Å². The third-order valence-electron chi connectivity index (χ3n) is 4.04. The summed E-state index contributed by atoms with van der Waals surface area (Å²) in [5.74, 6) is 0.717. The first-order valence-corrected chi connectivity index (χ1v) is 8.18. The Morgan fingerprint density at radius 3 is 2.30 bits per heavy atom. The first kappa shape index (κ1) is 15.5. The summed E-state index contributed by atoms with van der Waals surface area (Å²) in [6.45, 7) is 8.97. The molecule has 0 heterocycles. The largest absolute Gasteiger partial charge is 0.323 e. The summed E-state index contributed by atoms with van der Waals surface area (Å²) in [5, 5.41) is 0. The first-order valence-electron chi connectivity index (χ1n) is 8.18. The summed E-state index contributed by atoms with van der Waals surface area (Å²) in [5.41, 5.74) is 9.12. The summed E-state index contributed by atoms with van der Waals surface area (Å²) in [6, 6.07) is 9.85. The number of benzene rings is 1. The predicted molar refractivity (Wildman–Crippen MR) is 86.8 cm³/mol. The second-order valence-electron chi connectivity index (χ2n) is 6.68. The van der Waals surface area contributed by atoms with Gasteiger partial charge in [-0.1, -0.05) is 51.5 Å². The van der Waals surface area contributed by atoms with Crippen LogP contribution in [0.5, 0.6) is 0 Å². The van der Waals surface area contributed by atoms with Crippen LogP contribution in [0.15, 0.2) is 24.3 Å². The average molecular weight is 274 g/mol. The molecule has 0 spiro atoms. The second-order valence-corrected chi connectivity index (χ2v) is 6.68. The van der Waals surface area contributed by atoms with E-state index in [1.165, 1.54) is 36.9 Å². The van der Waals surface area contributed by atoms with Crippen molar-refractivity contribution in [2.45, 2.75) is 58.5 Å². The van der Waals surface area contributed by atoms with Gasteiger partial charge in [-0.2, -0.15) is 0 Å². The minimum atomic E-state index is 0.144. The van der Waals surface area contributed by atoms with Crippen LogP contribution in [0.1, 0.15) is 57.2 Å². The van der Waals surface area contributed by atoms with E-state index in [1.807, 2.05) is 0 Å². The third kappa shape index (κ3) is 4.60. The normalized spacial score (nSPS) is 16.9. The van der Waals surface area contributed by atoms with E-state index in [0.717, 1.165) is 24.9 Å². The van der Waals surface area contributed by atoms with Crippen LogP contribution in [0, 0.1) is 5.92 Å². The lowest BCUT2D eigenvalue weighted by Crippen LogP contribution is -2.36. The van der Waals surface area contributed by atoms with E-state index in [9.17, 15) is 0 Å². The molecule has 1 aromatic rings. The summed E-state index contributed by atoms with van der Waals surface area (Å²) in [7, 11) is 0. The molecular formula is C18H30N2. The minimum absolute atomic E-state index is 0.144. The maximum absolute atomic E-state index is 6.42. The Bertz CT molecular complexity index is 392. The average Bonchev–Trinajstić information content (AvgIpc) is 3.23. The standard InChI is InChI=1S/C18H30N2/c1-4-5-15-6-8-16(9-7-15)18(19)13-20(12-14(2)3)17-10-11-17/h6-9,14,17-18H,4-5,10-13,19H2,1-3H3. The summed E-state index contributed by atoms with van der Waals surface area (Å²) in [4.78, 5) is 2.59. The van der Waals surface area contributed by atoms with Crippen molar-refractivity contribution >= 4 is 0 Å². The molecule has 2 nitrogen and oxygen atoms in total. The van der Waals surface area contributed by atoms with Crippen molar-refractivity contribution in [1.82, 2.24) is 4.90 Å². The van der Waals surface area contributed by atoms with Crippen LogP contribution >= 0.6 is 0 Å². The number of aryl methyl sites for hydroxylation is 1.